The molecule has 0 aliphatic heterocycles. The molecule has 0 N–H and O–H groups in total. The third kappa shape index (κ3) is 9.44. The Morgan fingerprint density at radius 2 is 0.774 bits per heavy atom. The van der Waals surface area contributed by atoms with Crippen molar-refractivity contribution in [3.63, 3.8) is 0 Å². The van der Waals surface area contributed by atoms with Crippen LogP contribution in [0.2, 0.25) is 0 Å². The molecule has 0 radical (unpaired) electrons. The van der Waals surface area contributed by atoms with Crippen LogP contribution in [0.15, 0.2) is 322 Å². The summed E-state index contributed by atoms with van der Waals surface area (Å²) in [7, 11) is 0. The van der Waals surface area contributed by atoms with E-state index in [4.69, 9.17) is 4.98 Å². The van der Waals surface area contributed by atoms with Crippen LogP contribution in [-0.4, -0.2) is 23.3 Å². The summed E-state index contributed by atoms with van der Waals surface area (Å²) in [6.07, 6.45) is 10.5. The van der Waals surface area contributed by atoms with Gasteiger partial charge in [0.2, 0.25) is 0 Å². The quantitative estimate of drug-likeness (QED) is 0.133. The number of para-hydroxylation sites is 6. The van der Waals surface area contributed by atoms with E-state index in [2.05, 4.69) is 361 Å². The minimum Gasteiger partial charge on any atom is -0.309 e. The maximum Gasteiger partial charge on any atom is 0.0645 e. The van der Waals surface area contributed by atoms with E-state index in [9.17, 15) is 0 Å². The van der Waals surface area contributed by atoms with Crippen molar-refractivity contribution in [1.29, 1.82) is 0 Å². The van der Waals surface area contributed by atoms with Crippen molar-refractivity contribution in [2.75, 3.05) is 0 Å². The number of nitrogens with zero attached hydrogens (tertiary/aromatic N) is 5. The van der Waals surface area contributed by atoms with E-state index < -0.39 is 0 Å². The van der Waals surface area contributed by atoms with E-state index in [0.29, 0.717) is 5.92 Å². The largest absolute Gasteiger partial charge is 0.309 e. The highest BCUT2D eigenvalue weighted by Crippen LogP contribution is 2.50. The lowest BCUT2D eigenvalue weighted by molar-refractivity contribution is 0.445. The van der Waals surface area contributed by atoms with Gasteiger partial charge in [0.15, 0.2) is 0 Å². The van der Waals surface area contributed by atoms with Gasteiger partial charge in [0.1, 0.15) is 0 Å². The fourth-order valence-corrected chi connectivity index (χ4v) is 19.0. The molecule has 1 fully saturated rings. The van der Waals surface area contributed by atoms with Gasteiger partial charge in [-0.3, -0.25) is 4.98 Å². The molecule has 1 aliphatic carbocycles. The molecule has 0 bridgehead atoms. The Hall–Kier alpha value is -12.6. The van der Waals surface area contributed by atoms with Crippen LogP contribution in [0.4, 0.5) is 0 Å². The average Bonchev–Trinajstić information content (AvgIpc) is 1.44. The lowest BCUT2D eigenvalue weighted by atomic mass is 9.77. The first-order valence-corrected chi connectivity index (χ1v) is 38.1. The lowest BCUT2D eigenvalue weighted by Crippen LogP contribution is -2.16. The molecule has 506 valence electrons. The van der Waals surface area contributed by atoms with Crippen LogP contribution in [0.1, 0.15) is 87.6 Å². The Labute approximate surface area is 615 Å². The summed E-state index contributed by atoms with van der Waals surface area (Å²) >= 11 is 0. The van der Waals surface area contributed by atoms with Crippen LogP contribution < -0.4 is 0 Å². The number of rotatable bonds is 9. The summed E-state index contributed by atoms with van der Waals surface area (Å²) in [5.41, 5.74) is 19.7. The molecular weight excluding hydrogens is 1280 g/mol. The molecule has 0 amide bonds. The first-order valence-electron chi connectivity index (χ1n) is 38.1. The second-order valence-corrected chi connectivity index (χ2v) is 30.2. The Kier molecular flexibility index (Phi) is 14.4. The number of benzene rings is 16. The number of aromatic nitrogens is 5. The van der Waals surface area contributed by atoms with Crippen molar-refractivity contribution in [2.24, 2.45) is 0 Å². The first kappa shape index (κ1) is 62.0. The van der Waals surface area contributed by atoms with Crippen LogP contribution in [0.25, 0.3) is 175 Å². The van der Waals surface area contributed by atoms with Gasteiger partial charge in [0, 0.05) is 72.0 Å². The SMILES string of the molecule is CCC(C)(C)c1ccc(-n2c3ccccc3c3c2ccc2c4ccccc4n(-c4ccccc4)c23)c2c3ccccc3c3ccccc3c12.c1ccc(-n2c3ccccc3c3cc4c5ccccc5n(-c5ccc(Cc6ccc(C7CCCCC7)c7c8ccccc8c8ccccc8c67)nc5)c4cc32)cc1. The Morgan fingerprint density at radius 1 is 0.311 bits per heavy atom. The van der Waals surface area contributed by atoms with Crippen molar-refractivity contribution < 1.29 is 0 Å². The first-order chi connectivity index (χ1) is 52.4. The molecule has 0 saturated heterocycles. The Balaban J connectivity index is 0.000000138. The van der Waals surface area contributed by atoms with E-state index in [0.717, 1.165) is 29.9 Å². The van der Waals surface area contributed by atoms with E-state index in [1.54, 1.807) is 0 Å². The van der Waals surface area contributed by atoms with Crippen LogP contribution in [0.3, 0.4) is 0 Å². The monoisotopic (exact) mass is 1360 g/mol. The van der Waals surface area contributed by atoms with Crippen LogP contribution in [0, 0.1) is 0 Å². The lowest BCUT2D eigenvalue weighted by Gasteiger charge is -2.28. The molecule has 5 nitrogen and oxygen atoms in total. The van der Waals surface area contributed by atoms with Crippen molar-refractivity contribution >= 4 is 152 Å². The topological polar surface area (TPSA) is 32.6 Å². The molecule has 0 unspecified atom stereocenters. The highest BCUT2D eigenvalue weighted by molar-refractivity contribution is 6.31. The molecule has 0 spiro atoms. The van der Waals surface area contributed by atoms with E-state index in [1.165, 1.54) is 212 Å². The summed E-state index contributed by atoms with van der Waals surface area (Å²) in [6, 6.07) is 117. The zero-order valence-electron chi connectivity index (χ0n) is 59.9. The summed E-state index contributed by atoms with van der Waals surface area (Å²) in [5.74, 6) is 0.610. The minimum atomic E-state index is 0.00557. The molecule has 1 aliphatic rings. The predicted molar refractivity (Wildman–Crippen MR) is 451 cm³/mol. The molecule has 0 atom stereocenters. The smallest absolute Gasteiger partial charge is 0.0645 e. The van der Waals surface area contributed by atoms with Crippen LogP contribution in [0.5, 0.6) is 0 Å². The molecule has 22 rings (SSSR count). The molecule has 5 heteroatoms. The minimum absolute atomic E-state index is 0.00557. The van der Waals surface area contributed by atoms with Gasteiger partial charge in [-0.05, 0) is 191 Å². The average molecular weight is 1360 g/mol. The van der Waals surface area contributed by atoms with E-state index in [-0.39, 0.29) is 5.41 Å². The van der Waals surface area contributed by atoms with Gasteiger partial charge in [-0.1, -0.05) is 271 Å². The summed E-state index contributed by atoms with van der Waals surface area (Å²) in [6.45, 7) is 7.10. The van der Waals surface area contributed by atoms with Gasteiger partial charge in [-0.25, -0.2) is 0 Å². The predicted octanol–water partition coefficient (Wildman–Crippen LogP) is 27.4. The molecule has 1 saturated carbocycles. The zero-order valence-corrected chi connectivity index (χ0v) is 59.9. The highest BCUT2D eigenvalue weighted by atomic mass is 15.0. The Bertz CT molecular complexity index is 7140. The van der Waals surface area contributed by atoms with Gasteiger partial charge in [-0.2, -0.15) is 0 Å². The van der Waals surface area contributed by atoms with Crippen molar-refractivity contribution in [3.8, 4) is 22.7 Å². The molecular formula is C101H77N5. The third-order valence-corrected chi connectivity index (χ3v) is 24.2. The van der Waals surface area contributed by atoms with Gasteiger partial charge < -0.3 is 18.3 Å². The maximum absolute atomic E-state index is 5.24. The van der Waals surface area contributed by atoms with Crippen LogP contribution in [-0.2, 0) is 11.8 Å². The number of fused-ring (bicyclic) bond motifs is 25. The standard InChI is InChI=1S/C54H41N3.C47H36N2/c1-3-15-35(16-4-1)40-30-27-36(53-45-23-9-7-19-41(45)42-20-8-10-24-46(42)54(40)53)31-37-28-29-39(34-55-37)57-50-26-14-12-22-44(50)48-32-47-43-21-11-13-25-49(43)56(51(47)33-52(48)57)38-17-5-2-6-18-38;1-4-47(2,3)38-27-29-41(44-35-22-11-9-19-32(35)31-18-8-10-21-34(31)43(38)44)49-40-25-15-13-23-37(40)45-42(49)28-26-36-33-20-12-14-24-39(33)48(46(36)45)30-16-6-5-7-17-30/h2,5-14,17-30,32-35H,1,3-4,15-16,31H2;5-29H,4H2,1-3H3. The molecule has 16 aromatic carbocycles. The van der Waals surface area contributed by atoms with Gasteiger partial charge >= 0.3 is 0 Å². The van der Waals surface area contributed by atoms with Crippen LogP contribution >= 0.6 is 0 Å². The summed E-state index contributed by atoms with van der Waals surface area (Å²) in [5, 5.41) is 26.3. The van der Waals surface area contributed by atoms with Gasteiger partial charge in [0.25, 0.3) is 0 Å². The van der Waals surface area contributed by atoms with E-state index >= 15 is 0 Å². The van der Waals surface area contributed by atoms with Crippen molar-refractivity contribution in [1.82, 2.24) is 23.3 Å². The maximum atomic E-state index is 5.24. The summed E-state index contributed by atoms with van der Waals surface area (Å²) < 4.78 is 9.83. The molecule has 106 heavy (non-hydrogen) atoms. The summed E-state index contributed by atoms with van der Waals surface area (Å²) in [4.78, 5) is 5.24. The number of hydrogen-bond acceptors (Lipinski definition) is 1. The third-order valence-electron chi connectivity index (χ3n) is 24.2. The molecule has 21 aromatic rings. The van der Waals surface area contributed by atoms with Crippen molar-refractivity contribution in [2.45, 2.75) is 77.0 Å². The molecule has 5 aromatic heterocycles. The normalized spacial score (nSPS) is 13.3. The number of hydrogen-bond donors (Lipinski definition) is 0. The molecule has 5 heterocycles. The second kappa shape index (κ2) is 24.5. The van der Waals surface area contributed by atoms with E-state index in [1.807, 2.05) is 0 Å². The number of pyridine rings is 1. The fraction of sp³-hybridized carbons (Fsp3) is 0.119. The second-order valence-electron chi connectivity index (χ2n) is 30.2. The van der Waals surface area contributed by atoms with Gasteiger partial charge in [-0.15, -0.1) is 0 Å². The highest BCUT2D eigenvalue weighted by Gasteiger charge is 2.29. The zero-order chi connectivity index (χ0) is 70.3. The fourth-order valence-electron chi connectivity index (χ4n) is 19.0. The Morgan fingerprint density at radius 3 is 1.33 bits per heavy atom. The van der Waals surface area contributed by atoms with Gasteiger partial charge in [0.05, 0.1) is 61.7 Å². The van der Waals surface area contributed by atoms with Crippen molar-refractivity contribution in [3.05, 3.63) is 344 Å².